The van der Waals surface area contributed by atoms with Crippen molar-refractivity contribution in [1.29, 1.82) is 0 Å². The first-order chi connectivity index (χ1) is 9.51. The SMILES string of the molecule is CCCc1nc(N)c(C)c(NC(C)c2ccc(C)o2)n1. The Morgan fingerprint density at radius 3 is 2.65 bits per heavy atom. The van der Waals surface area contributed by atoms with Gasteiger partial charge in [-0.15, -0.1) is 0 Å². The molecule has 5 nitrogen and oxygen atoms in total. The summed E-state index contributed by atoms with van der Waals surface area (Å²) in [6.45, 7) is 7.99. The van der Waals surface area contributed by atoms with Gasteiger partial charge >= 0.3 is 0 Å². The Balaban J connectivity index is 2.23. The van der Waals surface area contributed by atoms with Crippen molar-refractivity contribution in [1.82, 2.24) is 9.97 Å². The Morgan fingerprint density at radius 1 is 1.30 bits per heavy atom. The molecular formula is C15H22N4O. The van der Waals surface area contributed by atoms with Crippen molar-refractivity contribution in [3.05, 3.63) is 35.0 Å². The zero-order chi connectivity index (χ0) is 14.7. The number of furan rings is 1. The summed E-state index contributed by atoms with van der Waals surface area (Å²) in [4.78, 5) is 8.86. The maximum absolute atomic E-state index is 5.96. The van der Waals surface area contributed by atoms with Crippen molar-refractivity contribution in [3.8, 4) is 0 Å². The third-order valence-electron chi connectivity index (χ3n) is 3.24. The maximum Gasteiger partial charge on any atom is 0.135 e. The van der Waals surface area contributed by atoms with Crippen LogP contribution in [-0.2, 0) is 6.42 Å². The highest BCUT2D eigenvalue weighted by Crippen LogP contribution is 2.24. The van der Waals surface area contributed by atoms with E-state index in [4.69, 9.17) is 10.2 Å². The van der Waals surface area contributed by atoms with Crippen LogP contribution in [0.5, 0.6) is 0 Å². The van der Waals surface area contributed by atoms with Gasteiger partial charge in [0.15, 0.2) is 0 Å². The standard InChI is InChI=1S/C15H22N4O/c1-5-6-13-18-14(16)10(3)15(19-13)17-11(4)12-8-7-9(2)20-12/h7-8,11H,5-6H2,1-4H3,(H3,16,17,18,19). The molecule has 2 aromatic heterocycles. The molecule has 0 spiro atoms. The molecule has 0 fully saturated rings. The molecule has 0 saturated heterocycles. The predicted octanol–water partition coefficient (Wildman–Crippen LogP) is 3.39. The number of aryl methyl sites for hydroxylation is 2. The third-order valence-corrected chi connectivity index (χ3v) is 3.24. The first kappa shape index (κ1) is 14.4. The summed E-state index contributed by atoms with van der Waals surface area (Å²) in [5, 5.41) is 3.35. The molecule has 1 atom stereocenters. The van der Waals surface area contributed by atoms with Gasteiger partial charge in [0, 0.05) is 12.0 Å². The number of rotatable bonds is 5. The molecule has 0 bridgehead atoms. The number of nitrogen functional groups attached to an aromatic ring is 1. The number of nitrogens with one attached hydrogen (secondary N) is 1. The molecule has 2 rings (SSSR count). The van der Waals surface area contributed by atoms with Crippen molar-refractivity contribution in [2.24, 2.45) is 0 Å². The van der Waals surface area contributed by atoms with E-state index in [1.54, 1.807) is 0 Å². The minimum atomic E-state index is 0.0335. The lowest BCUT2D eigenvalue weighted by atomic mass is 10.2. The van der Waals surface area contributed by atoms with Crippen LogP contribution in [0.3, 0.4) is 0 Å². The van der Waals surface area contributed by atoms with Gasteiger partial charge in [0.05, 0.1) is 6.04 Å². The number of nitrogens with two attached hydrogens (primary N) is 1. The molecule has 0 aliphatic heterocycles. The lowest BCUT2D eigenvalue weighted by molar-refractivity contribution is 0.466. The number of nitrogens with zero attached hydrogens (tertiary/aromatic N) is 2. The Labute approximate surface area is 119 Å². The Bertz CT molecular complexity index is 592. The summed E-state index contributed by atoms with van der Waals surface area (Å²) in [6.07, 6.45) is 1.82. The van der Waals surface area contributed by atoms with Gasteiger partial charge in [0.25, 0.3) is 0 Å². The molecule has 5 heteroatoms. The Morgan fingerprint density at radius 2 is 2.05 bits per heavy atom. The quantitative estimate of drug-likeness (QED) is 0.873. The van der Waals surface area contributed by atoms with Gasteiger partial charge in [-0.05, 0) is 39.3 Å². The van der Waals surface area contributed by atoms with Crippen molar-refractivity contribution >= 4 is 11.6 Å². The van der Waals surface area contributed by atoms with E-state index in [2.05, 4.69) is 22.2 Å². The van der Waals surface area contributed by atoms with Crippen molar-refractivity contribution in [3.63, 3.8) is 0 Å². The van der Waals surface area contributed by atoms with E-state index in [0.717, 1.165) is 41.6 Å². The summed E-state index contributed by atoms with van der Waals surface area (Å²) in [6, 6.07) is 3.96. The van der Waals surface area contributed by atoms with Crippen LogP contribution in [0.15, 0.2) is 16.5 Å². The van der Waals surface area contributed by atoms with Gasteiger partial charge in [-0.1, -0.05) is 6.92 Å². The van der Waals surface area contributed by atoms with Crippen LogP contribution in [0.2, 0.25) is 0 Å². The first-order valence-corrected chi connectivity index (χ1v) is 6.97. The minimum absolute atomic E-state index is 0.0335. The van der Waals surface area contributed by atoms with E-state index in [1.807, 2.05) is 32.9 Å². The van der Waals surface area contributed by atoms with Crippen molar-refractivity contribution in [2.75, 3.05) is 11.1 Å². The second-order valence-corrected chi connectivity index (χ2v) is 5.06. The number of hydrogen-bond acceptors (Lipinski definition) is 5. The number of aromatic nitrogens is 2. The summed E-state index contributed by atoms with van der Waals surface area (Å²) < 4.78 is 5.63. The zero-order valence-electron chi connectivity index (χ0n) is 12.5. The molecule has 0 aliphatic rings. The molecule has 0 saturated carbocycles. The van der Waals surface area contributed by atoms with E-state index in [0.29, 0.717) is 5.82 Å². The predicted molar refractivity (Wildman–Crippen MR) is 80.7 cm³/mol. The maximum atomic E-state index is 5.96. The van der Waals surface area contributed by atoms with E-state index >= 15 is 0 Å². The van der Waals surface area contributed by atoms with E-state index in [-0.39, 0.29) is 6.04 Å². The van der Waals surface area contributed by atoms with Gasteiger partial charge in [-0.2, -0.15) is 0 Å². The van der Waals surface area contributed by atoms with Crippen LogP contribution in [-0.4, -0.2) is 9.97 Å². The zero-order valence-corrected chi connectivity index (χ0v) is 12.5. The van der Waals surface area contributed by atoms with Gasteiger partial charge in [-0.3, -0.25) is 0 Å². The molecule has 2 aromatic rings. The summed E-state index contributed by atoms with van der Waals surface area (Å²) in [5.41, 5.74) is 6.83. The highest BCUT2D eigenvalue weighted by Gasteiger charge is 2.14. The fourth-order valence-corrected chi connectivity index (χ4v) is 2.02. The lowest BCUT2D eigenvalue weighted by Crippen LogP contribution is -2.12. The van der Waals surface area contributed by atoms with Crippen LogP contribution >= 0.6 is 0 Å². The van der Waals surface area contributed by atoms with Gasteiger partial charge in [-0.25, -0.2) is 9.97 Å². The average molecular weight is 274 g/mol. The minimum Gasteiger partial charge on any atom is -0.464 e. The first-order valence-electron chi connectivity index (χ1n) is 6.97. The molecule has 2 heterocycles. The normalized spacial score (nSPS) is 12.4. The van der Waals surface area contributed by atoms with Crippen LogP contribution in [0, 0.1) is 13.8 Å². The molecule has 108 valence electrons. The number of hydrogen-bond donors (Lipinski definition) is 2. The molecule has 1 unspecified atom stereocenters. The van der Waals surface area contributed by atoms with Crippen LogP contribution < -0.4 is 11.1 Å². The summed E-state index contributed by atoms with van der Waals surface area (Å²) in [7, 11) is 0. The summed E-state index contributed by atoms with van der Waals surface area (Å²) >= 11 is 0. The Hall–Kier alpha value is -2.04. The van der Waals surface area contributed by atoms with Crippen molar-refractivity contribution in [2.45, 2.75) is 46.6 Å². The van der Waals surface area contributed by atoms with Gasteiger partial charge < -0.3 is 15.5 Å². The van der Waals surface area contributed by atoms with Crippen LogP contribution in [0.25, 0.3) is 0 Å². The molecular weight excluding hydrogens is 252 g/mol. The fourth-order valence-electron chi connectivity index (χ4n) is 2.02. The average Bonchev–Trinajstić information content (AvgIpc) is 2.82. The molecule has 0 amide bonds. The van der Waals surface area contributed by atoms with Crippen LogP contribution in [0.4, 0.5) is 11.6 Å². The molecule has 0 radical (unpaired) electrons. The van der Waals surface area contributed by atoms with Crippen LogP contribution in [0.1, 0.15) is 49.2 Å². The second kappa shape index (κ2) is 5.94. The highest BCUT2D eigenvalue weighted by molar-refractivity contribution is 5.55. The Kier molecular flexibility index (Phi) is 4.27. The second-order valence-electron chi connectivity index (χ2n) is 5.06. The lowest BCUT2D eigenvalue weighted by Gasteiger charge is -2.16. The number of anilines is 2. The van der Waals surface area contributed by atoms with E-state index < -0.39 is 0 Å². The smallest absolute Gasteiger partial charge is 0.135 e. The highest BCUT2D eigenvalue weighted by atomic mass is 16.3. The van der Waals surface area contributed by atoms with E-state index in [1.165, 1.54) is 0 Å². The molecule has 20 heavy (non-hydrogen) atoms. The van der Waals surface area contributed by atoms with Crippen molar-refractivity contribution < 1.29 is 4.42 Å². The monoisotopic (exact) mass is 274 g/mol. The molecule has 0 aliphatic carbocycles. The fraction of sp³-hybridized carbons (Fsp3) is 0.467. The molecule has 3 N–H and O–H groups in total. The topological polar surface area (TPSA) is 77.0 Å². The van der Waals surface area contributed by atoms with Gasteiger partial charge in [0.1, 0.15) is 29.0 Å². The third kappa shape index (κ3) is 3.10. The molecule has 0 aromatic carbocycles. The summed E-state index contributed by atoms with van der Waals surface area (Å²) in [5.74, 6) is 3.88. The van der Waals surface area contributed by atoms with Gasteiger partial charge in [0.2, 0.25) is 0 Å². The largest absolute Gasteiger partial charge is 0.464 e. The van der Waals surface area contributed by atoms with E-state index in [9.17, 15) is 0 Å².